The van der Waals surface area contributed by atoms with E-state index in [1.165, 1.54) is 6.07 Å². The van der Waals surface area contributed by atoms with E-state index in [9.17, 15) is 13.2 Å². The summed E-state index contributed by atoms with van der Waals surface area (Å²) in [7, 11) is -3.89. The molecule has 4 aromatic rings. The van der Waals surface area contributed by atoms with Crippen molar-refractivity contribution in [2.24, 2.45) is 0 Å². The lowest BCUT2D eigenvalue weighted by atomic mass is 10.1. The van der Waals surface area contributed by atoms with Crippen LogP contribution in [0.1, 0.15) is 10.4 Å². The van der Waals surface area contributed by atoms with Crippen molar-refractivity contribution < 1.29 is 17.9 Å². The average molecular weight is 451 g/mol. The molecule has 0 bridgehead atoms. The number of fused-ring (bicyclic) bond motifs is 3. The maximum absolute atomic E-state index is 13.1. The van der Waals surface area contributed by atoms with Gasteiger partial charge < -0.3 is 10.1 Å². The van der Waals surface area contributed by atoms with Crippen LogP contribution in [0.5, 0.6) is 11.5 Å². The number of carbonyl (C=O) groups excluding carboxylic acids is 1. The Morgan fingerprint density at radius 2 is 1.65 bits per heavy atom. The number of benzene rings is 4. The zero-order valence-corrected chi connectivity index (χ0v) is 17.5. The normalized spacial score (nSPS) is 12.9. The Bertz CT molecular complexity index is 1460. The van der Waals surface area contributed by atoms with Crippen molar-refractivity contribution in [1.29, 1.82) is 0 Å². The fourth-order valence-corrected chi connectivity index (χ4v) is 4.95. The Morgan fingerprint density at radius 1 is 0.871 bits per heavy atom. The smallest absolute Gasteiger partial charge is 0.262 e. The largest absolute Gasteiger partial charge is 0.454 e. The molecule has 0 aromatic heterocycles. The highest BCUT2D eigenvalue weighted by molar-refractivity contribution is 7.93. The molecular weight excluding hydrogens is 436 g/mol. The van der Waals surface area contributed by atoms with Crippen LogP contribution in [-0.2, 0) is 10.0 Å². The molecule has 5 rings (SSSR count). The van der Waals surface area contributed by atoms with Gasteiger partial charge in [0, 0.05) is 16.1 Å². The van der Waals surface area contributed by atoms with Crippen molar-refractivity contribution in [3.05, 3.63) is 89.4 Å². The third-order valence-electron chi connectivity index (χ3n) is 4.93. The molecule has 2 N–H and O–H groups in total. The van der Waals surface area contributed by atoms with E-state index in [0.717, 1.165) is 5.39 Å². The molecule has 4 aromatic carbocycles. The Hall–Kier alpha value is -3.55. The number of sulfonamides is 1. The summed E-state index contributed by atoms with van der Waals surface area (Å²) in [4.78, 5) is 12.9. The highest BCUT2D eigenvalue weighted by Crippen LogP contribution is 2.38. The number of rotatable bonds is 3. The summed E-state index contributed by atoms with van der Waals surface area (Å²) in [6.07, 6.45) is 0. The van der Waals surface area contributed by atoms with Gasteiger partial charge in [0.05, 0.1) is 16.1 Å². The number of ether oxygens (including phenoxy) is 1. The van der Waals surface area contributed by atoms with E-state index in [1.807, 2.05) is 18.2 Å². The summed E-state index contributed by atoms with van der Waals surface area (Å²) in [5, 5.41) is 4.62. The third kappa shape index (κ3) is 3.58. The van der Waals surface area contributed by atoms with Crippen LogP contribution in [0.25, 0.3) is 10.8 Å². The van der Waals surface area contributed by atoms with Crippen LogP contribution in [0.2, 0.25) is 5.02 Å². The Kier molecular flexibility index (Phi) is 4.57. The number of carbonyl (C=O) groups is 1. The molecule has 1 heterocycles. The average Bonchev–Trinajstić information content (AvgIpc) is 2.88. The first-order chi connectivity index (χ1) is 14.9. The van der Waals surface area contributed by atoms with Crippen molar-refractivity contribution in [1.82, 2.24) is 0 Å². The van der Waals surface area contributed by atoms with Crippen molar-refractivity contribution in [2.75, 3.05) is 10.0 Å². The van der Waals surface area contributed by atoms with E-state index in [1.54, 1.807) is 54.6 Å². The summed E-state index contributed by atoms with van der Waals surface area (Å²) in [5.41, 5.74) is 0.881. The molecule has 1 amide bonds. The second-order valence-electron chi connectivity index (χ2n) is 6.99. The van der Waals surface area contributed by atoms with Crippen LogP contribution >= 0.6 is 11.6 Å². The van der Waals surface area contributed by atoms with E-state index in [-0.39, 0.29) is 16.1 Å². The summed E-state index contributed by atoms with van der Waals surface area (Å²) in [6, 6.07) is 21.8. The first-order valence-electron chi connectivity index (χ1n) is 9.34. The van der Waals surface area contributed by atoms with Crippen LogP contribution in [0.3, 0.4) is 0 Å². The maximum atomic E-state index is 13.1. The van der Waals surface area contributed by atoms with E-state index in [4.69, 9.17) is 16.3 Å². The second-order valence-corrected chi connectivity index (χ2v) is 9.08. The molecule has 0 unspecified atom stereocenters. The Balaban J connectivity index is 1.51. The Labute approximate surface area is 183 Å². The van der Waals surface area contributed by atoms with Gasteiger partial charge in [-0.05, 0) is 47.9 Å². The van der Waals surface area contributed by atoms with Crippen LogP contribution in [0.4, 0.5) is 11.4 Å². The molecule has 154 valence electrons. The molecule has 6 nitrogen and oxygen atoms in total. The predicted molar refractivity (Wildman–Crippen MR) is 121 cm³/mol. The van der Waals surface area contributed by atoms with Crippen molar-refractivity contribution in [2.45, 2.75) is 4.90 Å². The zero-order chi connectivity index (χ0) is 21.6. The predicted octanol–water partition coefficient (Wildman–Crippen LogP) is 5.65. The van der Waals surface area contributed by atoms with Gasteiger partial charge in [0.1, 0.15) is 5.75 Å². The first-order valence-corrected chi connectivity index (χ1v) is 11.2. The summed E-state index contributed by atoms with van der Waals surface area (Å²) in [5.74, 6) is 0.328. The number of nitrogens with one attached hydrogen (secondary N) is 2. The molecule has 1 aliphatic rings. The fraction of sp³-hybridized carbons (Fsp3) is 0. The van der Waals surface area contributed by atoms with Crippen LogP contribution in [-0.4, -0.2) is 14.3 Å². The van der Waals surface area contributed by atoms with Gasteiger partial charge in [-0.25, -0.2) is 8.42 Å². The van der Waals surface area contributed by atoms with E-state index in [0.29, 0.717) is 27.6 Å². The molecule has 31 heavy (non-hydrogen) atoms. The lowest BCUT2D eigenvalue weighted by molar-refractivity contribution is 0.102. The highest BCUT2D eigenvalue weighted by atomic mass is 35.5. The number of amides is 1. The zero-order valence-electron chi connectivity index (χ0n) is 15.9. The number of hydrogen-bond acceptors (Lipinski definition) is 4. The molecule has 0 radical (unpaired) electrons. The monoisotopic (exact) mass is 450 g/mol. The SMILES string of the molecule is O=C1Nc2cc(Cl)ccc2Oc2ccc(NS(=O)(=O)c3cccc4ccccc34)cc21. The van der Waals surface area contributed by atoms with Crippen molar-refractivity contribution >= 4 is 49.7 Å². The molecule has 0 spiro atoms. The van der Waals surface area contributed by atoms with Crippen LogP contribution < -0.4 is 14.8 Å². The summed E-state index contributed by atoms with van der Waals surface area (Å²) in [6.45, 7) is 0. The van der Waals surface area contributed by atoms with Crippen molar-refractivity contribution in [3.63, 3.8) is 0 Å². The number of anilines is 2. The van der Waals surface area contributed by atoms with Gasteiger partial charge >= 0.3 is 0 Å². The van der Waals surface area contributed by atoms with Gasteiger partial charge in [-0.1, -0.05) is 48.0 Å². The van der Waals surface area contributed by atoms with Gasteiger partial charge in [-0.2, -0.15) is 0 Å². The summed E-state index contributed by atoms with van der Waals surface area (Å²) >= 11 is 6.00. The van der Waals surface area contributed by atoms with Gasteiger partial charge in [0.25, 0.3) is 15.9 Å². The lowest BCUT2D eigenvalue weighted by Crippen LogP contribution is -2.15. The van der Waals surface area contributed by atoms with E-state index >= 15 is 0 Å². The topological polar surface area (TPSA) is 84.5 Å². The Morgan fingerprint density at radius 3 is 2.52 bits per heavy atom. The highest BCUT2D eigenvalue weighted by Gasteiger charge is 2.23. The first kappa shape index (κ1) is 19.4. The fourth-order valence-electron chi connectivity index (χ4n) is 3.50. The molecule has 0 aliphatic carbocycles. The number of halogens is 1. The van der Waals surface area contributed by atoms with Crippen LogP contribution in [0, 0.1) is 0 Å². The lowest BCUT2D eigenvalue weighted by Gasteiger charge is -2.12. The molecule has 8 heteroatoms. The van der Waals surface area contributed by atoms with Gasteiger partial charge in [-0.15, -0.1) is 0 Å². The third-order valence-corrected chi connectivity index (χ3v) is 6.60. The van der Waals surface area contributed by atoms with Crippen molar-refractivity contribution in [3.8, 4) is 11.5 Å². The number of hydrogen-bond donors (Lipinski definition) is 2. The minimum atomic E-state index is -3.89. The molecule has 0 saturated carbocycles. The van der Waals surface area contributed by atoms with E-state index < -0.39 is 15.9 Å². The van der Waals surface area contributed by atoms with Crippen LogP contribution in [0.15, 0.2) is 83.8 Å². The van der Waals surface area contributed by atoms with Gasteiger partial charge in [-0.3, -0.25) is 9.52 Å². The van der Waals surface area contributed by atoms with Gasteiger partial charge in [0.2, 0.25) is 0 Å². The molecule has 0 fully saturated rings. The molecular formula is C23H15ClN2O4S. The minimum Gasteiger partial charge on any atom is -0.454 e. The molecule has 0 saturated heterocycles. The molecule has 1 aliphatic heterocycles. The minimum absolute atomic E-state index is 0.156. The second kappa shape index (κ2) is 7.30. The van der Waals surface area contributed by atoms with Gasteiger partial charge in [0.15, 0.2) is 5.75 Å². The standard InChI is InChI=1S/C23H15ClN2O4S/c24-15-8-10-21-19(12-15)25-23(27)18-13-16(9-11-20(18)30-21)26-31(28,29)22-7-3-5-14-4-1-2-6-17(14)22/h1-13,26H,(H,25,27). The maximum Gasteiger partial charge on any atom is 0.262 e. The summed E-state index contributed by atoms with van der Waals surface area (Å²) < 4.78 is 34.6. The molecule has 0 atom stereocenters. The quantitative estimate of drug-likeness (QED) is 0.422. The van der Waals surface area contributed by atoms with E-state index in [2.05, 4.69) is 10.0 Å².